The average Bonchev–Trinajstić information content (AvgIpc) is 3.29. The summed E-state index contributed by atoms with van der Waals surface area (Å²) in [6, 6.07) is 11.3. The van der Waals surface area contributed by atoms with E-state index in [9.17, 15) is 18.0 Å². The Hall–Kier alpha value is -3.37. The number of anilines is 1. The van der Waals surface area contributed by atoms with E-state index >= 15 is 0 Å². The zero-order valence-corrected chi connectivity index (χ0v) is 20.4. The zero-order chi connectivity index (χ0) is 25.9. The zero-order valence-electron chi connectivity index (χ0n) is 20.4. The van der Waals surface area contributed by atoms with Crippen LogP contribution in [0, 0.1) is 0 Å². The van der Waals surface area contributed by atoms with Crippen molar-refractivity contribution in [2.24, 2.45) is 7.05 Å². The largest absolute Gasteiger partial charge is 0.491 e. The predicted octanol–water partition coefficient (Wildman–Crippen LogP) is 4.85. The Bertz CT molecular complexity index is 1220. The first-order valence-electron chi connectivity index (χ1n) is 11.6. The van der Waals surface area contributed by atoms with Crippen LogP contribution in [-0.2, 0) is 18.0 Å². The topological polar surface area (TPSA) is 68.6 Å². The molecule has 1 amide bonds. The molecular formula is C26H29F3N4O3. The van der Waals surface area contributed by atoms with Gasteiger partial charge in [-0.2, -0.15) is 18.3 Å². The first kappa shape index (κ1) is 25.7. The summed E-state index contributed by atoms with van der Waals surface area (Å²) < 4.78 is 52.6. The molecule has 1 aliphatic heterocycles. The quantitative estimate of drug-likeness (QED) is 0.501. The van der Waals surface area contributed by atoms with Crippen molar-refractivity contribution in [2.45, 2.75) is 25.6 Å². The minimum absolute atomic E-state index is 0.0838. The van der Waals surface area contributed by atoms with Gasteiger partial charge in [0.15, 0.2) is 0 Å². The number of carbonyl (C=O) groups is 1. The summed E-state index contributed by atoms with van der Waals surface area (Å²) in [6.45, 7) is 7.68. The van der Waals surface area contributed by atoms with Gasteiger partial charge in [0.1, 0.15) is 12.4 Å². The van der Waals surface area contributed by atoms with E-state index in [0.29, 0.717) is 36.8 Å². The maximum absolute atomic E-state index is 13.1. The van der Waals surface area contributed by atoms with Crippen LogP contribution in [0.5, 0.6) is 5.75 Å². The fraction of sp³-hybridized carbons (Fsp3) is 0.385. The highest BCUT2D eigenvalue weighted by Gasteiger charge is 2.31. The van der Waals surface area contributed by atoms with Gasteiger partial charge >= 0.3 is 6.18 Å². The Morgan fingerprint density at radius 3 is 2.53 bits per heavy atom. The molecule has 0 bridgehead atoms. The van der Waals surface area contributed by atoms with Crippen molar-refractivity contribution >= 4 is 11.6 Å². The van der Waals surface area contributed by atoms with Gasteiger partial charge in [-0.25, -0.2) is 0 Å². The van der Waals surface area contributed by atoms with Crippen LogP contribution in [0.25, 0.3) is 11.3 Å². The molecule has 1 N–H and O–H groups in total. The fourth-order valence-electron chi connectivity index (χ4n) is 4.13. The summed E-state index contributed by atoms with van der Waals surface area (Å²) in [5, 5.41) is 6.93. The number of morpholine rings is 1. The maximum Gasteiger partial charge on any atom is 0.416 e. The van der Waals surface area contributed by atoms with Crippen molar-refractivity contribution in [3.8, 4) is 17.0 Å². The van der Waals surface area contributed by atoms with Crippen molar-refractivity contribution in [1.82, 2.24) is 14.7 Å². The summed E-state index contributed by atoms with van der Waals surface area (Å²) in [4.78, 5) is 15.1. The van der Waals surface area contributed by atoms with Gasteiger partial charge in [0.2, 0.25) is 0 Å². The first-order chi connectivity index (χ1) is 17.0. The summed E-state index contributed by atoms with van der Waals surface area (Å²) in [5.41, 5.74) is 0.702. The van der Waals surface area contributed by atoms with Crippen molar-refractivity contribution in [1.29, 1.82) is 0 Å². The van der Waals surface area contributed by atoms with Gasteiger partial charge in [0, 0.05) is 48.7 Å². The normalized spacial score (nSPS) is 15.1. The Kier molecular flexibility index (Phi) is 7.37. The Labute approximate surface area is 207 Å². The molecule has 7 nitrogen and oxygen atoms in total. The molecule has 0 spiro atoms. The molecule has 1 fully saturated rings. The van der Waals surface area contributed by atoms with Crippen molar-refractivity contribution in [3.05, 3.63) is 65.9 Å². The van der Waals surface area contributed by atoms with E-state index in [1.807, 2.05) is 6.07 Å². The Morgan fingerprint density at radius 2 is 1.86 bits per heavy atom. The van der Waals surface area contributed by atoms with E-state index in [0.717, 1.165) is 30.9 Å². The number of nitrogens with zero attached hydrogens (tertiary/aromatic N) is 3. The maximum atomic E-state index is 13.1. The molecule has 3 aromatic rings. The lowest BCUT2D eigenvalue weighted by Gasteiger charge is -2.40. The van der Waals surface area contributed by atoms with E-state index in [2.05, 4.69) is 29.2 Å². The number of benzene rings is 2. The third kappa shape index (κ3) is 5.88. The minimum atomic E-state index is -4.53. The van der Waals surface area contributed by atoms with Crippen LogP contribution in [0.3, 0.4) is 0 Å². The number of rotatable bonds is 7. The number of aryl methyl sites for hydroxylation is 1. The van der Waals surface area contributed by atoms with Gasteiger partial charge in [0.05, 0.1) is 24.5 Å². The smallest absolute Gasteiger partial charge is 0.416 e. The monoisotopic (exact) mass is 502 g/mol. The lowest BCUT2D eigenvalue weighted by atomic mass is 10.0. The first-order valence-corrected chi connectivity index (χ1v) is 11.6. The molecule has 2 aromatic carbocycles. The second-order valence-electron chi connectivity index (χ2n) is 9.28. The van der Waals surface area contributed by atoms with Crippen LogP contribution in [0.4, 0.5) is 18.9 Å². The van der Waals surface area contributed by atoms with E-state index in [1.54, 1.807) is 36.1 Å². The molecule has 1 aromatic heterocycles. The van der Waals surface area contributed by atoms with Crippen LogP contribution in [0.15, 0.2) is 54.7 Å². The molecular weight excluding hydrogens is 473 g/mol. The van der Waals surface area contributed by atoms with Gasteiger partial charge in [0.25, 0.3) is 5.91 Å². The summed E-state index contributed by atoms with van der Waals surface area (Å²) in [5.74, 6) is -0.0313. The molecule has 0 saturated carbocycles. The number of ether oxygens (including phenoxy) is 2. The molecule has 10 heteroatoms. The van der Waals surface area contributed by atoms with Crippen molar-refractivity contribution < 1.29 is 27.4 Å². The molecule has 192 valence electrons. The molecule has 0 aliphatic carbocycles. The SMILES string of the molecule is Cn1nccc1-c1cc(NC(=O)c2cccc(C(F)(F)F)c2)ccc1OCC(C)(C)N1CCOCC1. The summed E-state index contributed by atoms with van der Waals surface area (Å²) >= 11 is 0. The number of carbonyl (C=O) groups excluding carboxylic acids is 1. The van der Waals surface area contributed by atoms with Gasteiger partial charge in [-0.1, -0.05) is 6.07 Å². The van der Waals surface area contributed by atoms with Crippen molar-refractivity contribution in [3.63, 3.8) is 0 Å². The van der Waals surface area contributed by atoms with Crippen LogP contribution in [-0.4, -0.2) is 59.0 Å². The highest BCUT2D eigenvalue weighted by molar-refractivity contribution is 6.04. The van der Waals surface area contributed by atoms with E-state index in [4.69, 9.17) is 9.47 Å². The molecule has 4 rings (SSSR count). The number of aromatic nitrogens is 2. The molecule has 2 heterocycles. The third-order valence-corrected chi connectivity index (χ3v) is 6.23. The second-order valence-corrected chi connectivity index (χ2v) is 9.28. The Morgan fingerprint density at radius 1 is 1.11 bits per heavy atom. The van der Waals surface area contributed by atoms with Crippen LogP contribution in [0.2, 0.25) is 0 Å². The van der Waals surface area contributed by atoms with Gasteiger partial charge in [-0.15, -0.1) is 0 Å². The summed E-state index contributed by atoms with van der Waals surface area (Å²) in [6.07, 6.45) is -2.87. The molecule has 0 unspecified atom stereocenters. The number of nitrogens with one attached hydrogen (secondary N) is 1. The van der Waals surface area contributed by atoms with Crippen molar-refractivity contribution in [2.75, 3.05) is 38.2 Å². The number of halogens is 3. The lowest BCUT2D eigenvalue weighted by Crippen LogP contribution is -2.53. The molecule has 1 saturated heterocycles. The summed E-state index contributed by atoms with van der Waals surface area (Å²) in [7, 11) is 1.80. The van der Waals surface area contributed by atoms with Crippen LogP contribution < -0.4 is 10.1 Å². The van der Waals surface area contributed by atoms with E-state index < -0.39 is 17.6 Å². The van der Waals surface area contributed by atoms with Gasteiger partial charge < -0.3 is 14.8 Å². The standard InChI is InChI=1S/C26H29F3N4O3/c1-25(2,33-11-13-35-14-12-33)17-36-23-8-7-20(16-21(23)22-9-10-30-32(22)3)31-24(34)18-5-4-6-19(15-18)26(27,28)29/h4-10,15-16H,11-14,17H2,1-3H3,(H,31,34). The molecule has 1 aliphatic rings. The predicted molar refractivity (Wildman–Crippen MR) is 130 cm³/mol. The molecule has 36 heavy (non-hydrogen) atoms. The second kappa shape index (κ2) is 10.3. The molecule has 0 atom stereocenters. The van der Waals surface area contributed by atoms with Gasteiger partial charge in [-0.3, -0.25) is 14.4 Å². The Balaban J connectivity index is 1.57. The number of alkyl halides is 3. The van der Waals surface area contributed by atoms with Crippen LogP contribution in [0.1, 0.15) is 29.8 Å². The van der Waals surface area contributed by atoms with Crippen LogP contribution >= 0.6 is 0 Å². The lowest BCUT2D eigenvalue weighted by molar-refractivity contribution is -0.137. The van der Waals surface area contributed by atoms with Gasteiger partial charge in [-0.05, 0) is 56.3 Å². The number of hydrogen-bond acceptors (Lipinski definition) is 5. The number of hydrogen-bond donors (Lipinski definition) is 1. The van der Waals surface area contributed by atoms with E-state index in [-0.39, 0.29) is 11.1 Å². The highest BCUT2D eigenvalue weighted by atomic mass is 19.4. The van der Waals surface area contributed by atoms with E-state index in [1.165, 1.54) is 12.1 Å². The average molecular weight is 503 g/mol. The third-order valence-electron chi connectivity index (χ3n) is 6.23. The molecule has 0 radical (unpaired) electrons. The minimum Gasteiger partial charge on any atom is -0.491 e. The fourth-order valence-corrected chi connectivity index (χ4v) is 4.13. The highest BCUT2D eigenvalue weighted by Crippen LogP contribution is 2.34. The number of amides is 1.